The van der Waals surface area contributed by atoms with Gasteiger partial charge in [0.05, 0.1) is 18.4 Å². The van der Waals surface area contributed by atoms with Crippen molar-refractivity contribution in [2.24, 2.45) is 0 Å². The summed E-state index contributed by atoms with van der Waals surface area (Å²) in [6, 6.07) is 7.64. The number of carbonyl (C=O) groups is 1. The number of rotatable bonds is 4. The maximum absolute atomic E-state index is 13.3. The molecule has 0 spiro atoms. The second-order valence-electron chi connectivity index (χ2n) is 4.28. The third-order valence-corrected chi connectivity index (χ3v) is 2.93. The SMILES string of the molecule is COC(=O)c1ccc(F)cc1NCc1cccc(F)c1O. The van der Waals surface area contributed by atoms with Crippen molar-refractivity contribution in [3.63, 3.8) is 0 Å². The topological polar surface area (TPSA) is 58.6 Å². The van der Waals surface area contributed by atoms with E-state index in [2.05, 4.69) is 10.1 Å². The molecule has 0 aliphatic rings. The number of methoxy groups -OCH3 is 1. The first kappa shape index (κ1) is 14.8. The number of nitrogens with one attached hydrogen (secondary N) is 1. The summed E-state index contributed by atoms with van der Waals surface area (Å²) < 4.78 is 31.1. The smallest absolute Gasteiger partial charge is 0.339 e. The molecule has 0 aliphatic heterocycles. The van der Waals surface area contributed by atoms with Gasteiger partial charge in [0.25, 0.3) is 0 Å². The normalized spacial score (nSPS) is 10.2. The Morgan fingerprint density at radius 3 is 2.76 bits per heavy atom. The zero-order valence-electron chi connectivity index (χ0n) is 11.2. The molecule has 0 atom stereocenters. The number of hydrogen-bond donors (Lipinski definition) is 2. The van der Waals surface area contributed by atoms with Crippen molar-refractivity contribution in [2.45, 2.75) is 6.54 Å². The minimum absolute atomic E-state index is 0.0248. The lowest BCUT2D eigenvalue weighted by Crippen LogP contribution is -2.09. The molecule has 2 aromatic rings. The average molecular weight is 293 g/mol. The Labute approximate surface area is 120 Å². The predicted octanol–water partition coefficient (Wildman–Crippen LogP) is 3.07. The molecule has 0 amide bonds. The first-order chi connectivity index (χ1) is 10.0. The molecule has 0 saturated heterocycles. The standard InChI is InChI=1S/C15H13F2NO3/c1-21-15(20)11-6-5-10(16)7-13(11)18-8-9-3-2-4-12(17)14(9)19/h2-7,18-19H,8H2,1H3. The van der Waals surface area contributed by atoms with E-state index in [1.807, 2.05) is 0 Å². The number of phenolic OH excluding ortho intramolecular Hbond substituents is 1. The molecule has 2 aromatic carbocycles. The van der Waals surface area contributed by atoms with Gasteiger partial charge in [-0.25, -0.2) is 13.6 Å². The van der Waals surface area contributed by atoms with E-state index in [-0.39, 0.29) is 23.4 Å². The summed E-state index contributed by atoms with van der Waals surface area (Å²) in [7, 11) is 1.22. The molecule has 4 nitrogen and oxygen atoms in total. The van der Waals surface area contributed by atoms with Crippen LogP contribution >= 0.6 is 0 Å². The van der Waals surface area contributed by atoms with E-state index >= 15 is 0 Å². The van der Waals surface area contributed by atoms with Crippen molar-refractivity contribution in [3.05, 3.63) is 59.2 Å². The number of esters is 1. The molecule has 0 radical (unpaired) electrons. The van der Waals surface area contributed by atoms with E-state index in [9.17, 15) is 18.7 Å². The van der Waals surface area contributed by atoms with Gasteiger partial charge in [0, 0.05) is 12.1 Å². The van der Waals surface area contributed by atoms with Crippen molar-refractivity contribution in [2.75, 3.05) is 12.4 Å². The molecule has 110 valence electrons. The quantitative estimate of drug-likeness (QED) is 0.851. The molecule has 0 saturated carbocycles. The third kappa shape index (κ3) is 3.28. The fraction of sp³-hybridized carbons (Fsp3) is 0.133. The van der Waals surface area contributed by atoms with Crippen LogP contribution in [0.3, 0.4) is 0 Å². The second kappa shape index (κ2) is 6.21. The Hall–Kier alpha value is -2.63. The van der Waals surface area contributed by atoms with Crippen LogP contribution in [0.4, 0.5) is 14.5 Å². The van der Waals surface area contributed by atoms with Crippen LogP contribution in [-0.4, -0.2) is 18.2 Å². The minimum atomic E-state index is -0.748. The highest BCUT2D eigenvalue weighted by Crippen LogP contribution is 2.24. The summed E-state index contributed by atoms with van der Waals surface area (Å²) in [6.07, 6.45) is 0. The van der Waals surface area contributed by atoms with Crippen LogP contribution < -0.4 is 5.32 Å². The largest absolute Gasteiger partial charge is 0.505 e. The van der Waals surface area contributed by atoms with Crippen LogP contribution in [0.1, 0.15) is 15.9 Å². The number of anilines is 1. The van der Waals surface area contributed by atoms with Gasteiger partial charge in [-0.2, -0.15) is 0 Å². The van der Waals surface area contributed by atoms with E-state index in [1.54, 1.807) is 0 Å². The monoisotopic (exact) mass is 293 g/mol. The van der Waals surface area contributed by atoms with Crippen molar-refractivity contribution in [1.29, 1.82) is 0 Å². The molecule has 0 fully saturated rings. The van der Waals surface area contributed by atoms with Crippen molar-refractivity contribution in [3.8, 4) is 5.75 Å². The summed E-state index contributed by atoms with van der Waals surface area (Å²) in [6.45, 7) is 0.0248. The predicted molar refractivity (Wildman–Crippen MR) is 73.1 cm³/mol. The van der Waals surface area contributed by atoms with E-state index in [0.29, 0.717) is 0 Å². The summed E-state index contributed by atoms with van der Waals surface area (Å²) in [5.74, 6) is -2.39. The third-order valence-electron chi connectivity index (χ3n) is 2.93. The van der Waals surface area contributed by atoms with Crippen LogP contribution in [0.15, 0.2) is 36.4 Å². The molecule has 0 aliphatic carbocycles. The van der Waals surface area contributed by atoms with Crippen LogP contribution in [0.2, 0.25) is 0 Å². The lowest BCUT2D eigenvalue weighted by Gasteiger charge is -2.12. The lowest BCUT2D eigenvalue weighted by atomic mass is 10.1. The highest BCUT2D eigenvalue weighted by molar-refractivity contribution is 5.95. The number of ether oxygens (including phenoxy) is 1. The Kier molecular flexibility index (Phi) is 4.37. The van der Waals surface area contributed by atoms with Gasteiger partial charge < -0.3 is 15.2 Å². The fourth-order valence-electron chi connectivity index (χ4n) is 1.84. The number of hydrogen-bond acceptors (Lipinski definition) is 4. The Bertz CT molecular complexity index is 674. The van der Waals surface area contributed by atoms with Gasteiger partial charge in [-0.05, 0) is 24.3 Å². The number of carbonyl (C=O) groups excluding carboxylic acids is 1. The Morgan fingerprint density at radius 2 is 2.05 bits per heavy atom. The maximum Gasteiger partial charge on any atom is 0.339 e. The highest BCUT2D eigenvalue weighted by Gasteiger charge is 2.13. The second-order valence-corrected chi connectivity index (χ2v) is 4.28. The number of halogens is 2. The van der Waals surface area contributed by atoms with Crippen LogP contribution in [0.25, 0.3) is 0 Å². The van der Waals surface area contributed by atoms with E-state index in [4.69, 9.17) is 0 Å². The van der Waals surface area contributed by atoms with Gasteiger partial charge >= 0.3 is 5.97 Å². The average Bonchev–Trinajstić information content (AvgIpc) is 2.48. The summed E-state index contributed by atoms with van der Waals surface area (Å²) in [5.41, 5.74) is 0.635. The molecule has 0 heterocycles. The van der Waals surface area contributed by atoms with Gasteiger partial charge in [0.15, 0.2) is 11.6 Å². The van der Waals surface area contributed by atoms with Crippen LogP contribution in [-0.2, 0) is 11.3 Å². The summed E-state index contributed by atoms with van der Waals surface area (Å²) in [5, 5.41) is 12.4. The van der Waals surface area contributed by atoms with Crippen LogP contribution in [0, 0.1) is 11.6 Å². The highest BCUT2D eigenvalue weighted by atomic mass is 19.1. The number of para-hydroxylation sites is 1. The summed E-state index contributed by atoms with van der Waals surface area (Å²) in [4.78, 5) is 11.6. The van der Waals surface area contributed by atoms with Crippen molar-refractivity contribution < 1.29 is 23.4 Å². The Balaban J connectivity index is 2.25. The number of benzene rings is 2. The van der Waals surface area contributed by atoms with Gasteiger partial charge in [-0.3, -0.25) is 0 Å². The van der Waals surface area contributed by atoms with E-state index in [1.165, 1.54) is 25.3 Å². The van der Waals surface area contributed by atoms with Gasteiger partial charge in [-0.15, -0.1) is 0 Å². The molecule has 0 bridgehead atoms. The molecule has 2 N–H and O–H groups in total. The first-order valence-electron chi connectivity index (χ1n) is 6.11. The van der Waals surface area contributed by atoms with E-state index in [0.717, 1.165) is 18.2 Å². The fourth-order valence-corrected chi connectivity index (χ4v) is 1.84. The lowest BCUT2D eigenvalue weighted by molar-refractivity contribution is 0.0601. The van der Waals surface area contributed by atoms with Crippen molar-refractivity contribution in [1.82, 2.24) is 0 Å². The Morgan fingerprint density at radius 1 is 1.29 bits per heavy atom. The summed E-state index contributed by atoms with van der Waals surface area (Å²) >= 11 is 0. The number of phenols is 1. The minimum Gasteiger partial charge on any atom is -0.505 e. The molecule has 0 unspecified atom stereocenters. The molecule has 6 heteroatoms. The van der Waals surface area contributed by atoms with Crippen molar-refractivity contribution >= 4 is 11.7 Å². The maximum atomic E-state index is 13.3. The zero-order chi connectivity index (χ0) is 15.4. The van der Waals surface area contributed by atoms with Gasteiger partial charge in [0.1, 0.15) is 5.82 Å². The molecule has 21 heavy (non-hydrogen) atoms. The van der Waals surface area contributed by atoms with E-state index < -0.39 is 23.4 Å². The number of aromatic hydroxyl groups is 1. The zero-order valence-corrected chi connectivity index (χ0v) is 11.2. The molecular formula is C15H13F2NO3. The molecule has 0 aromatic heterocycles. The van der Waals surface area contributed by atoms with Gasteiger partial charge in [0.2, 0.25) is 0 Å². The van der Waals surface area contributed by atoms with Crippen LogP contribution in [0.5, 0.6) is 5.75 Å². The first-order valence-corrected chi connectivity index (χ1v) is 6.11. The van der Waals surface area contributed by atoms with Gasteiger partial charge in [-0.1, -0.05) is 12.1 Å². The molecular weight excluding hydrogens is 280 g/mol. The molecule has 2 rings (SSSR count).